The van der Waals surface area contributed by atoms with E-state index in [-0.39, 0.29) is 11.7 Å². The standard InChI is InChI=1S/C15H14ClFN2O/c1-19-14(6-9-18-19)7-10-20-15-11-13(17)5-4-12(15)3-2-8-16/h4-6,9,11H,7-8,10H2,1H3. The number of benzene rings is 1. The van der Waals surface area contributed by atoms with E-state index in [0.717, 1.165) is 5.69 Å². The minimum atomic E-state index is -0.350. The van der Waals surface area contributed by atoms with Gasteiger partial charge in [0.25, 0.3) is 0 Å². The van der Waals surface area contributed by atoms with Gasteiger partial charge in [-0.1, -0.05) is 11.8 Å². The van der Waals surface area contributed by atoms with Crippen molar-refractivity contribution in [2.24, 2.45) is 7.05 Å². The van der Waals surface area contributed by atoms with Crippen LogP contribution in [0, 0.1) is 17.7 Å². The first-order chi connectivity index (χ1) is 9.70. The predicted molar refractivity (Wildman–Crippen MR) is 76.4 cm³/mol. The van der Waals surface area contributed by atoms with Gasteiger partial charge in [0.05, 0.1) is 18.1 Å². The van der Waals surface area contributed by atoms with Crippen LogP contribution in [0.2, 0.25) is 0 Å². The first kappa shape index (κ1) is 14.4. The molecule has 0 aliphatic heterocycles. The zero-order valence-electron chi connectivity index (χ0n) is 11.1. The molecule has 2 aromatic rings. The van der Waals surface area contributed by atoms with Gasteiger partial charge in [-0.15, -0.1) is 11.6 Å². The molecule has 1 aromatic heterocycles. The molecule has 0 amide bonds. The van der Waals surface area contributed by atoms with Gasteiger partial charge in [-0.3, -0.25) is 4.68 Å². The van der Waals surface area contributed by atoms with Crippen molar-refractivity contribution in [1.82, 2.24) is 9.78 Å². The van der Waals surface area contributed by atoms with Gasteiger partial charge in [0.2, 0.25) is 0 Å². The zero-order valence-corrected chi connectivity index (χ0v) is 11.8. The Morgan fingerprint density at radius 1 is 1.40 bits per heavy atom. The molecule has 0 N–H and O–H groups in total. The van der Waals surface area contributed by atoms with Crippen LogP contribution in [0.3, 0.4) is 0 Å². The highest BCUT2D eigenvalue weighted by atomic mass is 35.5. The summed E-state index contributed by atoms with van der Waals surface area (Å²) < 4.78 is 20.7. The van der Waals surface area contributed by atoms with Crippen molar-refractivity contribution >= 4 is 11.6 Å². The van der Waals surface area contributed by atoms with Crippen LogP contribution in [-0.2, 0) is 13.5 Å². The molecule has 0 saturated carbocycles. The maximum atomic E-state index is 13.3. The summed E-state index contributed by atoms with van der Waals surface area (Å²) in [4.78, 5) is 0. The second kappa shape index (κ2) is 6.97. The molecule has 0 aliphatic carbocycles. The number of alkyl halides is 1. The SMILES string of the molecule is Cn1nccc1CCOc1cc(F)ccc1C#CCCl. The Kier molecular flexibility index (Phi) is 5.03. The minimum absolute atomic E-state index is 0.228. The molecule has 0 fully saturated rings. The molecule has 0 unspecified atom stereocenters. The number of halogens is 2. The molecule has 0 bridgehead atoms. The van der Waals surface area contributed by atoms with Crippen LogP contribution in [-0.4, -0.2) is 22.3 Å². The van der Waals surface area contributed by atoms with Crippen LogP contribution in [0.1, 0.15) is 11.3 Å². The lowest BCUT2D eigenvalue weighted by molar-refractivity contribution is 0.316. The van der Waals surface area contributed by atoms with Gasteiger partial charge in [-0.2, -0.15) is 5.10 Å². The second-order valence-corrected chi connectivity index (χ2v) is 4.39. The molecule has 20 heavy (non-hydrogen) atoms. The summed E-state index contributed by atoms with van der Waals surface area (Å²) in [6.45, 7) is 0.429. The average molecular weight is 293 g/mol. The van der Waals surface area contributed by atoms with Crippen molar-refractivity contribution in [3.63, 3.8) is 0 Å². The summed E-state index contributed by atoms with van der Waals surface area (Å²) in [5.74, 6) is 5.90. The van der Waals surface area contributed by atoms with E-state index in [1.54, 1.807) is 16.9 Å². The van der Waals surface area contributed by atoms with E-state index in [0.29, 0.717) is 24.3 Å². The maximum Gasteiger partial charge on any atom is 0.137 e. The quantitative estimate of drug-likeness (QED) is 0.640. The van der Waals surface area contributed by atoms with Gasteiger partial charge in [-0.25, -0.2) is 4.39 Å². The molecule has 0 radical (unpaired) electrons. The third kappa shape index (κ3) is 3.75. The first-order valence-electron chi connectivity index (χ1n) is 6.15. The maximum absolute atomic E-state index is 13.3. The van der Waals surface area contributed by atoms with Gasteiger partial charge in [0, 0.05) is 31.4 Å². The Labute approximate surface area is 122 Å². The summed E-state index contributed by atoms with van der Waals surface area (Å²) in [6.07, 6.45) is 2.42. The summed E-state index contributed by atoms with van der Waals surface area (Å²) in [5, 5.41) is 4.08. The lowest BCUT2D eigenvalue weighted by atomic mass is 10.2. The van der Waals surface area contributed by atoms with Gasteiger partial charge >= 0.3 is 0 Å². The molecule has 1 aromatic carbocycles. The van der Waals surface area contributed by atoms with Crippen LogP contribution in [0.5, 0.6) is 5.75 Å². The van der Waals surface area contributed by atoms with E-state index < -0.39 is 0 Å². The molecule has 104 valence electrons. The largest absolute Gasteiger partial charge is 0.492 e. The molecule has 0 spiro atoms. The Morgan fingerprint density at radius 2 is 2.25 bits per heavy atom. The molecule has 3 nitrogen and oxygen atoms in total. The van der Waals surface area contributed by atoms with E-state index in [1.165, 1.54) is 12.1 Å². The lowest BCUT2D eigenvalue weighted by Crippen LogP contribution is -2.06. The molecule has 0 atom stereocenters. The number of aromatic nitrogens is 2. The highest BCUT2D eigenvalue weighted by molar-refractivity contribution is 6.19. The lowest BCUT2D eigenvalue weighted by Gasteiger charge is -2.08. The molecular formula is C15H14ClFN2O. The van der Waals surface area contributed by atoms with Gasteiger partial charge < -0.3 is 4.74 Å². The summed E-state index contributed by atoms with van der Waals surface area (Å²) >= 11 is 5.53. The normalized spacial score (nSPS) is 9.95. The van der Waals surface area contributed by atoms with Crippen molar-refractivity contribution in [2.45, 2.75) is 6.42 Å². The number of aryl methyl sites for hydroxylation is 1. The highest BCUT2D eigenvalue weighted by Gasteiger charge is 2.05. The fourth-order valence-corrected chi connectivity index (χ4v) is 1.83. The fourth-order valence-electron chi connectivity index (χ4n) is 1.76. The van der Waals surface area contributed by atoms with Crippen LogP contribution in [0.4, 0.5) is 4.39 Å². The van der Waals surface area contributed by atoms with Crippen molar-refractivity contribution < 1.29 is 9.13 Å². The van der Waals surface area contributed by atoms with E-state index in [2.05, 4.69) is 16.9 Å². The van der Waals surface area contributed by atoms with Gasteiger partial charge in [0.15, 0.2) is 0 Å². The van der Waals surface area contributed by atoms with Crippen molar-refractivity contribution in [1.29, 1.82) is 0 Å². The highest BCUT2D eigenvalue weighted by Crippen LogP contribution is 2.19. The van der Waals surface area contributed by atoms with Crippen LogP contribution in [0.25, 0.3) is 0 Å². The second-order valence-electron chi connectivity index (χ2n) is 4.12. The Hall–Kier alpha value is -1.99. The number of nitrogens with zero attached hydrogens (tertiary/aromatic N) is 2. The molecule has 0 aliphatic rings. The summed E-state index contributed by atoms with van der Waals surface area (Å²) in [7, 11) is 1.87. The number of rotatable bonds is 4. The van der Waals surface area contributed by atoms with E-state index in [4.69, 9.17) is 16.3 Å². The van der Waals surface area contributed by atoms with Crippen molar-refractivity contribution in [3.8, 4) is 17.6 Å². The average Bonchev–Trinajstić information content (AvgIpc) is 2.84. The topological polar surface area (TPSA) is 27.1 Å². The first-order valence-corrected chi connectivity index (χ1v) is 6.68. The molecule has 2 rings (SSSR count). The van der Waals surface area contributed by atoms with Gasteiger partial charge in [-0.05, 0) is 18.2 Å². The van der Waals surface area contributed by atoms with Crippen LogP contribution >= 0.6 is 11.6 Å². The minimum Gasteiger partial charge on any atom is -0.492 e. The van der Waals surface area contributed by atoms with Crippen molar-refractivity contribution in [3.05, 3.63) is 47.5 Å². The number of ether oxygens (including phenoxy) is 1. The molecule has 1 heterocycles. The molecular weight excluding hydrogens is 279 g/mol. The number of hydrogen-bond donors (Lipinski definition) is 0. The van der Waals surface area contributed by atoms with Gasteiger partial charge in [0.1, 0.15) is 11.6 Å². The Morgan fingerprint density at radius 3 is 2.95 bits per heavy atom. The Bertz CT molecular complexity index is 643. The smallest absolute Gasteiger partial charge is 0.137 e. The monoisotopic (exact) mass is 292 g/mol. The Balaban J connectivity index is 2.04. The summed E-state index contributed by atoms with van der Waals surface area (Å²) in [6, 6.07) is 6.20. The molecule has 5 heteroatoms. The van der Waals surface area contributed by atoms with Crippen LogP contribution in [0.15, 0.2) is 30.5 Å². The fraction of sp³-hybridized carbons (Fsp3) is 0.267. The van der Waals surface area contributed by atoms with Crippen LogP contribution < -0.4 is 4.74 Å². The third-order valence-electron chi connectivity index (χ3n) is 2.77. The van der Waals surface area contributed by atoms with Crippen molar-refractivity contribution in [2.75, 3.05) is 12.5 Å². The zero-order chi connectivity index (χ0) is 14.4. The number of hydrogen-bond acceptors (Lipinski definition) is 2. The van der Waals surface area contributed by atoms with E-state index in [1.807, 2.05) is 13.1 Å². The van der Waals surface area contributed by atoms with E-state index >= 15 is 0 Å². The predicted octanol–water partition coefficient (Wildman–Crippen LogP) is 2.77. The third-order valence-corrected chi connectivity index (χ3v) is 2.91. The molecule has 0 saturated heterocycles. The van der Waals surface area contributed by atoms with E-state index in [9.17, 15) is 4.39 Å². The summed E-state index contributed by atoms with van der Waals surface area (Å²) in [5.41, 5.74) is 1.69.